The zero-order chi connectivity index (χ0) is 24.3. The molecule has 1 heterocycles. The van der Waals surface area contributed by atoms with Gasteiger partial charge in [-0.1, -0.05) is 122 Å². The predicted molar refractivity (Wildman–Crippen MR) is 144 cm³/mol. The third-order valence-corrected chi connectivity index (χ3v) is 6.61. The van der Waals surface area contributed by atoms with Crippen LogP contribution in [0.4, 0.5) is 4.39 Å². The zero-order valence-electron chi connectivity index (χ0n) is 21.9. The minimum absolute atomic E-state index is 0.112. The average Bonchev–Trinajstić information content (AvgIpc) is 2.87. The van der Waals surface area contributed by atoms with E-state index in [0.29, 0.717) is 12.2 Å². The molecule has 0 N–H and O–H groups in total. The van der Waals surface area contributed by atoms with Gasteiger partial charge in [-0.15, -0.1) is 0 Å². The number of nitrogens with zero attached hydrogens (tertiary/aromatic N) is 1. The molecule has 0 fully saturated rings. The number of rotatable bonds is 20. The lowest BCUT2D eigenvalue weighted by Crippen LogP contribution is -2.12. The quantitative estimate of drug-likeness (QED) is 0.180. The van der Waals surface area contributed by atoms with Gasteiger partial charge in [0, 0.05) is 5.56 Å². The van der Waals surface area contributed by atoms with Crippen molar-refractivity contribution in [2.45, 2.75) is 123 Å². The standard InChI is InChI=1S/C31H48FNO/c1-3-5-7-9-10-11-12-13-14-15-17-27-19-21-28(22-20-27)31-24-23-30(25-33-31)34-26-29(32)18-16-8-6-4-2/h19-25,29H,3-18,26H2,1-2H3. The fourth-order valence-corrected chi connectivity index (χ4v) is 4.36. The summed E-state index contributed by atoms with van der Waals surface area (Å²) in [6.45, 7) is 4.56. The number of aryl methyl sites for hydroxylation is 1. The summed E-state index contributed by atoms with van der Waals surface area (Å²) >= 11 is 0. The Hall–Kier alpha value is -1.90. The van der Waals surface area contributed by atoms with Gasteiger partial charge in [-0.3, -0.25) is 4.98 Å². The van der Waals surface area contributed by atoms with Crippen molar-refractivity contribution in [1.29, 1.82) is 0 Å². The Morgan fingerprint density at radius 2 is 1.29 bits per heavy atom. The summed E-state index contributed by atoms with van der Waals surface area (Å²) in [6, 6.07) is 12.6. The number of aromatic nitrogens is 1. The van der Waals surface area contributed by atoms with Gasteiger partial charge in [-0.05, 0) is 37.0 Å². The summed E-state index contributed by atoms with van der Waals surface area (Å²) in [6.07, 6.45) is 20.7. The maximum absolute atomic E-state index is 14.0. The lowest BCUT2D eigenvalue weighted by atomic mass is 10.0. The zero-order valence-corrected chi connectivity index (χ0v) is 21.9. The van der Waals surface area contributed by atoms with E-state index in [2.05, 4.69) is 43.1 Å². The number of pyridine rings is 1. The summed E-state index contributed by atoms with van der Waals surface area (Å²) in [5.41, 5.74) is 3.43. The van der Waals surface area contributed by atoms with Crippen LogP contribution in [0.1, 0.15) is 116 Å². The first-order valence-corrected chi connectivity index (χ1v) is 14.0. The highest BCUT2D eigenvalue weighted by Gasteiger charge is 2.08. The molecule has 34 heavy (non-hydrogen) atoms. The highest BCUT2D eigenvalue weighted by molar-refractivity contribution is 5.59. The second-order valence-corrected chi connectivity index (χ2v) is 9.77. The lowest BCUT2D eigenvalue weighted by molar-refractivity contribution is 0.183. The largest absolute Gasteiger partial charge is 0.489 e. The number of hydrogen-bond donors (Lipinski definition) is 0. The van der Waals surface area contributed by atoms with Crippen LogP contribution in [0.15, 0.2) is 42.6 Å². The summed E-state index contributed by atoms with van der Waals surface area (Å²) in [4.78, 5) is 4.52. The molecular formula is C31H48FNO. The first-order valence-electron chi connectivity index (χ1n) is 14.0. The Balaban J connectivity index is 1.61. The SMILES string of the molecule is CCCCCCCCCCCCc1ccc(-c2ccc(OCC(F)CCCCCC)cn2)cc1. The maximum Gasteiger partial charge on any atom is 0.137 e. The third-order valence-electron chi connectivity index (χ3n) is 6.61. The monoisotopic (exact) mass is 469 g/mol. The molecule has 0 saturated heterocycles. The van der Waals surface area contributed by atoms with Crippen molar-refractivity contribution in [1.82, 2.24) is 4.98 Å². The van der Waals surface area contributed by atoms with Crippen LogP contribution in [0.3, 0.4) is 0 Å². The highest BCUT2D eigenvalue weighted by Crippen LogP contribution is 2.21. The molecule has 3 heteroatoms. The number of halogens is 1. The van der Waals surface area contributed by atoms with E-state index < -0.39 is 6.17 Å². The number of benzene rings is 1. The van der Waals surface area contributed by atoms with Crippen molar-refractivity contribution in [2.24, 2.45) is 0 Å². The molecule has 2 rings (SSSR count). The van der Waals surface area contributed by atoms with E-state index in [4.69, 9.17) is 4.74 Å². The molecule has 0 amide bonds. The van der Waals surface area contributed by atoms with E-state index in [1.165, 1.54) is 82.6 Å². The molecule has 1 unspecified atom stereocenters. The molecule has 1 aromatic carbocycles. The summed E-state index contributed by atoms with van der Waals surface area (Å²) in [5, 5.41) is 0. The van der Waals surface area contributed by atoms with Crippen LogP contribution in [0.2, 0.25) is 0 Å². The Kier molecular flexibility index (Phi) is 15.4. The van der Waals surface area contributed by atoms with Crippen LogP contribution < -0.4 is 4.74 Å². The Morgan fingerprint density at radius 3 is 1.88 bits per heavy atom. The third kappa shape index (κ3) is 12.5. The van der Waals surface area contributed by atoms with Crippen LogP contribution >= 0.6 is 0 Å². The fourth-order valence-electron chi connectivity index (χ4n) is 4.36. The molecule has 0 aliphatic carbocycles. The molecule has 0 spiro atoms. The predicted octanol–water partition coefficient (Wildman–Crippen LogP) is 9.90. The van der Waals surface area contributed by atoms with Gasteiger partial charge in [0.05, 0.1) is 11.9 Å². The molecule has 1 atom stereocenters. The van der Waals surface area contributed by atoms with Gasteiger partial charge in [0.2, 0.25) is 0 Å². The lowest BCUT2D eigenvalue weighted by Gasteiger charge is -2.11. The van der Waals surface area contributed by atoms with Crippen molar-refractivity contribution in [3.63, 3.8) is 0 Å². The molecule has 0 aliphatic heterocycles. The molecular weight excluding hydrogens is 421 g/mol. The maximum atomic E-state index is 14.0. The van der Waals surface area contributed by atoms with E-state index in [-0.39, 0.29) is 6.61 Å². The van der Waals surface area contributed by atoms with E-state index >= 15 is 0 Å². The molecule has 0 saturated carbocycles. The van der Waals surface area contributed by atoms with Crippen molar-refractivity contribution < 1.29 is 9.13 Å². The van der Waals surface area contributed by atoms with Gasteiger partial charge < -0.3 is 4.74 Å². The molecule has 1 aromatic heterocycles. The van der Waals surface area contributed by atoms with Gasteiger partial charge in [-0.25, -0.2) is 4.39 Å². The summed E-state index contributed by atoms with van der Waals surface area (Å²) < 4.78 is 19.6. The van der Waals surface area contributed by atoms with Gasteiger partial charge in [0.1, 0.15) is 18.5 Å². The van der Waals surface area contributed by atoms with E-state index in [1.807, 2.05) is 12.1 Å². The minimum atomic E-state index is -0.903. The Morgan fingerprint density at radius 1 is 0.706 bits per heavy atom. The average molecular weight is 470 g/mol. The second kappa shape index (κ2) is 18.4. The first-order chi connectivity index (χ1) is 16.7. The summed E-state index contributed by atoms with van der Waals surface area (Å²) in [5.74, 6) is 0.637. The number of ether oxygens (including phenoxy) is 1. The van der Waals surface area contributed by atoms with Crippen molar-refractivity contribution in [3.05, 3.63) is 48.2 Å². The highest BCUT2D eigenvalue weighted by atomic mass is 19.1. The molecule has 0 bridgehead atoms. The first kappa shape index (κ1) is 28.3. The van der Waals surface area contributed by atoms with Crippen LogP contribution in [-0.2, 0) is 6.42 Å². The van der Waals surface area contributed by atoms with Gasteiger partial charge >= 0.3 is 0 Å². The molecule has 0 radical (unpaired) electrons. The number of unbranched alkanes of at least 4 members (excludes halogenated alkanes) is 12. The van der Waals surface area contributed by atoms with Gasteiger partial charge in [0.15, 0.2) is 0 Å². The van der Waals surface area contributed by atoms with E-state index in [9.17, 15) is 4.39 Å². The van der Waals surface area contributed by atoms with E-state index in [0.717, 1.165) is 30.5 Å². The second-order valence-electron chi connectivity index (χ2n) is 9.77. The topological polar surface area (TPSA) is 22.1 Å². The fraction of sp³-hybridized carbons (Fsp3) is 0.645. The normalized spacial score (nSPS) is 12.1. The number of hydrogen-bond acceptors (Lipinski definition) is 2. The van der Waals surface area contributed by atoms with Crippen LogP contribution in [0.5, 0.6) is 5.75 Å². The molecule has 0 aliphatic rings. The van der Waals surface area contributed by atoms with Crippen LogP contribution in [0, 0.1) is 0 Å². The molecule has 2 aromatic rings. The smallest absolute Gasteiger partial charge is 0.137 e. The summed E-state index contributed by atoms with van der Waals surface area (Å²) in [7, 11) is 0. The van der Waals surface area contributed by atoms with Crippen molar-refractivity contribution in [3.8, 4) is 17.0 Å². The Labute approximate surface area is 208 Å². The molecule has 2 nitrogen and oxygen atoms in total. The Bertz CT molecular complexity index is 728. The minimum Gasteiger partial charge on any atom is -0.489 e. The number of alkyl halides is 1. The van der Waals surface area contributed by atoms with Gasteiger partial charge in [-0.2, -0.15) is 0 Å². The van der Waals surface area contributed by atoms with Crippen LogP contribution in [0.25, 0.3) is 11.3 Å². The van der Waals surface area contributed by atoms with Gasteiger partial charge in [0.25, 0.3) is 0 Å². The van der Waals surface area contributed by atoms with Crippen LogP contribution in [-0.4, -0.2) is 17.8 Å². The van der Waals surface area contributed by atoms with Crippen molar-refractivity contribution >= 4 is 0 Å². The van der Waals surface area contributed by atoms with Crippen molar-refractivity contribution in [2.75, 3.05) is 6.61 Å². The molecule has 190 valence electrons. The van der Waals surface area contributed by atoms with E-state index in [1.54, 1.807) is 6.20 Å².